The first-order valence-electron chi connectivity index (χ1n) is 6.88. The summed E-state index contributed by atoms with van der Waals surface area (Å²) in [6, 6.07) is 6.37. The topological polar surface area (TPSA) is 38.3 Å². The van der Waals surface area contributed by atoms with Crippen LogP contribution in [0.25, 0.3) is 0 Å². The van der Waals surface area contributed by atoms with Gasteiger partial charge in [0.2, 0.25) is 0 Å². The Morgan fingerprint density at radius 3 is 3.00 bits per heavy atom. The first kappa shape index (κ1) is 13.6. The summed E-state index contributed by atoms with van der Waals surface area (Å²) in [5, 5.41) is 3.17. The van der Waals surface area contributed by atoms with Crippen molar-refractivity contribution in [1.82, 2.24) is 4.90 Å². The normalized spacial score (nSPS) is 23.1. The molecule has 1 aromatic carbocycles. The average Bonchev–Trinajstić information content (AvgIpc) is 2.82. The predicted molar refractivity (Wildman–Crippen MR) is 83.4 cm³/mol. The van der Waals surface area contributed by atoms with Crippen molar-refractivity contribution in [2.24, 2.45) is 0 Å². The van der Waals surface area contributed by atoms with Gasteiger partial charge in [-0.15, -0.1) is 0 Å². The van der Waals surface area contributed by atoms with E-state index in [1.165, 1.54) is 43.1 Å². The third-order valence-electron chi connectivity index (χ3n) is 3.73. The number of benzene rings is 1. The van der Waals surface area contributed by atoms with Gasteiger partial charge in [0.15, 0.2) is 10.8 Å². The maximum atomic E-state index is 11.8. The van der Waals surface area contributed by atoms with Crippen molar-refractivity contribution in [2.75, 3.05) is 42.3 Å². The average molecular weight is 296 g/mol. The SMILES string of the molecule is [O-][S+]1CNc2ccc(CCCN3CCSCC3)cc21. The standard InChI is InChI=1S/C14H20N2OS2/c17-19-11-15-13-4-3-12(10-14(13)19)2-1-5-16-6-8-18-9-7-16/h3-4,10,15H,1-2,5-9,11H2. The third-order valence-corrected chi connectivity index (χ3v) is 5.91. The smallest absolute Gasteiger partial charge is 0.181 e. The molecule has 1 fully saturated rings. The molecule has 2 aliphatic rings. The lowest BCUT2D eigenvalue weighted by atomic mass is 10.1. The lowest BCUT2D eigenvalue weighted by molar-refractivity contribution is 0.299. The highest BCUT2D eigenvalue weighted by Gasteiger charge is 2.23. The molecule has 1 atom stereocenters. The van der Waals surface area contributed by atoms with Crippen molar-refractivity contribution >= 4 is 28.6 Å². The van der Waals surface area contributed by atoms with Crippen LogP contribution in [0, 0.1) is 0 Å². The number of hydrogen-bond acceptors (Lipinski definition) is 4. The molecule has 0 saturated carbocycles. The third kappa shape index (κ3) is 3.40. The van der Waals surface area contributed by atoms with Gasteiger partial charge in [0.1, 0.15) is 0 Å². The summed E-state index contributed by atoms with van der Waals surface area (Å²) in [7, 11) is 0. The van der Waals surface area contributed by atoms with E-state index in [1.807, 2.05) is 0 Å². The number of fused-ring (bicyclic) bond motifs is 1. The molecule has 19 heavy (non-hydrogen) atoms. The van der Waals surface area contributed by atoms with E-state index in [0.717, 1.165) is 17.0 Å². The minimum Gasteiger partial charge on any atom is -0.610 e. The number of thioether (sulfide) groups is 1. The van der Waals surface area contributed by atoms with Crippen molar-refractivity contribution in [3.63, 3.8) is 0 Å². The molecular weight excluding hydrogens is 276 g/mol. The zero-order valence-corrected chi connectivity index (χ0v) is 12.7. The van der Waals surface area contributed by atoms with E-state index < -0.39 is 11.2 Å². The molecule has 2 aliphatic heterocycles. The molecule has 3 nitrogen and oxygen atoms in total. The fourth-order valence-corrected chi connectivity index (χ4v) is 4.70. The molecule has 1 unspecified atom stereocenters. The van der Waals surface area contributed by atoms with Gasteiger partial charge in [-0.3, -0.25) is 0 Å². The molecule has 5 heteroatoms. The molecule has 1 aromatic rings. The van der Waals surface area contributed by atoms with E-state index in [9.17, 15) is 4.55 Å². The molecule has 1 saturated heterocycles. The summed E-state index contributed by atoms with van der Waals surface area (Å²) >= 11 is 1.22. The van der Waals surface area contributed by atoms with Gasteiger partial charge in [-0.05, 0) is 37.1 Å². The quantitative estimate of drug-likeness (QED) is 0.864. The van der Waals surface area contributed by atoms with E-state index >= 15 is 0 Å². The fourth-order valence-electron chi connectivity index (χ4n) is 2.61. The summed E-state index contributed by atoms with van der Waals surface area (Å²) in [5.74, 6) is 3.14. The predicted octanol–water partition coefficient (Wildman–Crippen LogP) is 2.16. The van der Waals surface area contributed by atoms with Gasteiger partial charge in [0.05, 0.1) is 5.69 Å². The minimum absolute atomic E-state index is 0.574. The molecule has 0 aliphatic carbocycles. The summed E-state index contributed by atoms with van der Waals surface area (Å²) in [6.45, 7) is 3.67. The van der Waals surface area contributed by atoms with Crippen LogP contribution in [-0.4, -0.2) is 46.5 Å². The van der Waals surface area contributed by atoms with E-state index in [1.54, 1.807) is 0 Å². The molecule has 3 rings (SSSR count). The van der Waals surface area contributed by atoms with Crippen molar-refractivity contribution in [1.29, 1.82) is 0 Å². The summed E-state index contributed by atoms with van der Waals surface area (Å²) in [4.78, 5) is 3.55. The van der Waals surface area contributed by atoms with Crippen LogP contribution in [0.4, 0.5) is 5.69 Å². The van der Waals surface area contributed by atoms with Crippen LogP contribution in [0.3, 0.4) is 0 Å². The number of nitrogens with one attached hydrogen (secondary N) is 1. The zero-order valence-electron chi connectivity index (χ0n) is 11.1. The molecule has 0 amide bonds. The number of rotatable bonds is 4. The van der Waals surface area contributed by atoms with Gasteiger partial charge in [0, 0.05) is 35.8 Å². The number of nitrogens with zero attached hydrogens (tertiary/aromatic N) is 1. The second-order valence-electron chi connectivity index (χ2n) is 5.05. The van der Waals surface area contributed by atoms with Crippen molar-refractivity contribution in [3.8, 4) is 0 Å². The van der Waals surface area contributed by atoms with Crippen LogP contribution in [-0.2, 0) is 17.6 Å². The maximum Gasteiger partial charge on any atom is 0.181 e. The summed E-state index contributed by atoms with van der Waals surface area (Å²) in [5.41, 5.74) is 2.37. The lowest BCUT2D eigenvalue weighted by Gasteiger charge is -2.25. The molecular formula is C14H20N2OS2. The summed E-state index contributed by atoms with van der Waals surface area (Å²) < 4.78 is 11.8. The fraction of sp³-hybridized carbons (Fsp3) is 0.571. The van der Waals surface area contributed by atoms with E-state index in [4.69, 9.17) is 0 Å². The monoisotopic (exact) mass is 296 g/mol. The maximum absolute atomic E-state index is 11.8. The van der Waals surface area contributed by atoms with Crippen molar-refractivity contribution in [3.05, 3.63) is 23.8 Å². The number of aryl methyl sites for hydroxylation is 1. The first-order chi connectivity index (χ1) is 9.33. The van der Waals surface area contributed by atoms with Crippen LogP contribution < -0.4 is 5.32 Å². The highest BCUT2D eigenvalue weighted by atomic mass is 32.2. The second-order valence-corrected chi connectivity index (χ2v) is 7.70. The van der Waals surface area contributed by atoms with Crippen LogP contribution in [0.1, 0.15) is 12.0 Å². The Balaban J connectivity index is 1.51. The number of hydrogen-bond donors (Lipinski definition) is 1. The zero-order chi connectivity index (χ0) is 13.1. The Kier molecular flexibility index (Phi) is 4.58. The van der Waals surface area contributed by atoms with Gasteiger partial charge in [0.25, 0.3) is 0 Å². The van der Waals surface area contributed by atoms with Crippen LogP contribution in [0.2, 0.25) is 0 Å². The molecule has 1 N–H and O–H groups in total. The Labute approximate surface area is 122 Å². The molecule has 2 heterocycles. The molecule has 104 valence electrons. The molecule has 0 bridgehead atoms. The number of anilines is 1. The van der Waals surface area contributed by atoms with E-state index in [0.29, 0.717) is 5.88 Å². The second kappa shape index (κ2) is 6.39. The molecule has 0 aromatic heterocycles. The van der Waals surface area contributed by atoms with E-state index in [-0.39, 0.29) is 0 Å². The van der Waals surface area contributed by atoms with Crippen LogP contribution in [0.5, 0.6) is 0 Å². The lowest BCUT2D eigenvalue weighted by Crippen LogP contribution is -2.33. The van der Waals surface area contributed by atoms with Crippen molar-refractivity contribution < 1.29 is 4.55 Å². The van der Waals surface area contributed by atoms with Crippen molar-refractivity contribution in [2.45, 2.75) is 17.7 Å². The van der Waals surface area contributed by atoms with Crippen LogP contribution in [0.15, 0.2) is 23.1 Å². The van der Waals surface area contributed by atoms with Gasteiger partial charge in [-0.2, -0.15) is 11.8 Å². The summed E-state index contributed by atoms with van der Waals surface area (Å²) in [6.07, 6.45) is 2.29. The Morgan fingerprint density at radius 1 is 1.32 bits per heavy atom. The first-order valence-corrected chi connectivity index (χ1v) is 9.35. The Hall–Kier alpha value is -0.360. The van der Waals surface area contributed by atoms with Gasteiger partial charge in [-0.1, -0.05) is 6.07 Å². The van der Waals surface area contributed by atoms with Gasteiger partial charge < -0.3 is 14.8 Å². The molecule has 0 spiro atoms. The molecule has 0 radical (unpaired) electrons. The Bertz CT molecular complexity index is 435. The van der Waals surface area contributed by atoms with Gasteiger partial charge in [-0.25, -0.2) is 0 Å². The Morgan fingerprint density at radius 2 is 2.16 bits per heavy atom. The largest absolute Gasteiger partial charge is 0.610 e. The van der Waals surface area contributed by atoms with Gasteiger partial charge >= 0.3 is 0 Å². The highest BCUT2D eigenvalue weighted by Crippen LogP contribution is 2.29. The van der Waals surface area contributed by atoms with Crippen LogP contribution >= 0.6 is 11.8 Å². The van der Waals surface area contributed by atoms with E-state index in [2.05, 4.69) is 40.2 Å². The highest BCUT2D eigenvalue weighted by molar-refractivity contribution is 7.99. The minimum atomic E-state index is -0.842.